The minimum Gasteiger partial charge on any atom is -0.477 e. The summed E-state index contributed by atoms with van der Waals surface area (Å²) in [5, 5.41) is 23.7. The first-order chi connectivity index (χ1) is 12.8. The van der Waals surface area contributed by atoms with Gasteiger partial charge in [0, 0.05) is 11.1 Å². The number of hydrogen-bond acceptors (Lipinski definition) is 6. The molecular formula is C16H13Cl2N5O3S. The van der Waals surface area contributed by atoms with Gasteiger partial charge in [-0.2, -0.15) is 5.21 Å². The number of nitrogens with zero attached hydrogens (tertiary/aromatic N) is 4. The van der Waals surface area contributed by atoms with E-state index in [9.17, 15) is 14.7 Å². The number of anilines is 1. The summed E-state index contributed by atoms with van der Waals surface area (Å²) in [5.74, 6) is -1.36. The lowest BCUT2D eigenvalue weighted by molar-refractivity contribution is 0.0703. The second-order valence-electron chi connectivity index (χ2n) is 5.76. The maximum absolute atomic E-state index is 13.1. The number of carboxylic acid groups (broad SMARTS) is 1. The molecule has 0 unspecified atom stereocenters. The first-order valence-corrected chi connectivity index (χ1v) is 9.26. The predicted molar refractivity (Wildman–Crippen MR) is 103 cm³/mol. The number of thiophene rings is 1. The zero-order valence-electron chi connectivity index (χ0n) is 14.1. The minimum absolute atomic E-state index is 0.0121. The van der Waals surface area contributed by atoms with E-state index in [2.05, 4.69) is 20.6 Å². The van der Waals surface area contributed by atoms with Crippen molar-refractivity contribution in [2.75, 3.05) is 4.90 Å². The van der Waals surface area contributed by atoms with Gasteiger partial charge in [0.2, 0.25) is 5.82 Å². The van der Waals surface area contributed by atoms with E-state index in [-0.39, 0.29) is 33.0 Å². The number of aromatic carboxylic acids is 1. The Balaban J connectivity index is 2.12. The number of carbonyl (C=O) groups excluding carboxylic acids is 1. The van der Waals surface area contributed by atoms with Gasteiger partial charge in [-0.05, 0) is 43.3 Å². The fourth-order valence-electron chi connectivity index (χ4n) is 2.50. The van der Waals surface area contributed by atoms with Gasteiger partial charge in [0.05, 0.1) is 21.2 Å². The number of halogens is 2. The molecule has 0 saturated carbocycles. The number of carboxylic acids is 1. The molecule has 0 spiro atoms. The smallest absolute Gasteiger partial charge is 0.348 e. The van der Waals surface area contributed by atoms with Crippen LogP contribution in [0.4, 0.5) is 5.69 Å². The van der Waals surface area contributed by atoms with Crippen molar-refractivity contribution in [1.82, 2.24) is 20.6 Å². The van der Waals surface area contributed by atoms with Crippen molar-refractivity contribution in [3.8, 4) is 10.7 Å². The molecule has 3 rings (SSSR count). The zero-order chi connectivity index (χ0) is 19.7. The molecule has 0 fully saturated rings. The monoisotopic (exact) mass is 425 g/mol. The second-order valence-corrected chi connectivity index (χ2v) is 7.65. The van der Waals surface area contributed by atoms with Crippen molar-refractivity contribution >= 4 is 52.1 Å². The van der Waals surface area contributed by atoms with E-state index >= 15 is 0 Å². The molecule has 0 atom stereocenters. The molecule has 0 aliphatic heterocycles. The van der Waals surface area contributed by atoms with Gasteiger partial charge < -0.3 is 10.0 Å². The normalized spacial score (nSPS) is 11.0. The molecule has 0 radical (unpaired) electrons. The van der Waals surface area contributed by atoms with Crippen LogP contribution in [0.1, 0.15) is 33.9 Å². The molecule has 11 heteroatoms. The van der Waals surface area contributed by atoms with Crippen LogP contribution in [0.2, 0.25) is 10.0 Å². The van der Waals surface area contributed by atoms with E-state index in [0.717, 1.165) is 11.3 Å². The third-order valence-corrected chi connectivity index (χ3v) is 5.28. The summed E-state index contributed by atoms with van der Waals surface area (Å²) in [5.41, 5.74) is 0.455. The van der Waals surface area contributed by atoms with Crippen LogP contribution in [-0.2, 0) is 0 Å². The van der Waals surface area contributed by atoms with E-state index < -0.39 is 11.9 Å². The van der Waals surface area contributed by atoms with Gasteiger partial charge in [0.25, 0.3) is 5.91 Å². The molecule has 0 aliphatic carbocycles. The number of aromatic nitrogens is 4. The lowest BCUT2D eigenvalue weighted by Gasteiger charge is -2.27. The van der Waals surface area contributed by atoms with Crippen molar-refractivity contribution < 1.29 is 14.7 Å². The van der Waals surface area contributed by atoms with Crippen LogP contribution < -0.4 is 4.90 Å². The highest BCUT2D eigenvalue weighted by atomic mass is 35.5. The van der Waals surface area contributed by atoms with Crippen LogP contribution in [0.3, 0.4) is 0 Å². The molecule has 3 aromatic rings. The maximum Gasteiger partial charge on any atom is 0.348 e. The van der Waals surface area contributed by atoms with Crippen LogP contribution >= 0.6 is 34.5 Å². The van der Waals surface area contributed by atoms with Crippen molar-refractivity contribution in [3.63, 3.8) is 0 Å². The number of H-pyrrole nitrogens is 1. The lowest BCUT2D eigenvalue weighted by Crippen LogP contribution is -2.37. The Hall–Kier alpha value is -2.49. The largest absolute Gasteiger partial charge is 0.477 e. The maximum atomic E-state index is 13.1. The fraction of sp³-hybridized carbons (Fsp3) is 0.188. The SMILES string of the molecule is CC(C)N(C(=O)c1ccc(Cl)cc1Cl)c1cc(-c2nn[nH]n2)sc1C(=O)O. The summed E-state index contributed by atoms with van der Waals surface area (Å²) in [6.07, 6.45) is 0. The number of hydrogen-bond donors (Lipinski definition) is 2. The van der Waals surface area contributed by atoms with E-state index in [0.29, 0.717) is 9.90 Å². The molecular weight excluding hydrogens is 413 g/mol. The topological polar surface area (TPSA) is 112 Å². The first-order valence-electron chi connectivity index (χ1n) is 7.69. The summed E-state index contributed by atoms with van der Waals surface area (Å²) in [7, 11) is 0. The van der Waals surface area contributed by atoms with Gasteiger partial charge in [0.15, 0.2) is 0 Å². The molecule has 1 aromatic carbocycles. The fourth-order valence-corrected chi connectivity index (χ4v) is 3.91. The van der Waals surface area contributed by atoms with E-state index in [1.807, 2.05) is 0 Å². The van der Waals surface area contributed by atoms with Gasteiger partial charge in [-0.1, -0.05) is 23.2 Å². The molecule has 2 N–H and O–H groups in total. The summed E-state index contributed by atoms with van der Waals surface area (Å²) < 4.78 is 0. The highest BCUT2D eigenvalue weighted by Gasteiger charge is 2.29. The Morgan fingerprint density at radius 3 is 2.56 bits per heavy atom. The number of rotatable bonds is 5. The van der Waals surface area contributed by atoms with E-state index in [1.165, 1.54) is 17.0 Å². The first kappa shape index (κ1) is 19.3. The highest BCUT2D eigenvalue weighted by Crippen LogP contribution is 2.37. The van der Waals surface area contributed by atoms with Crippen LogP contribution in [0, 0.1) is 0 Å². The summed E-state index contributed by atoms with van der Waals surface area (Å²) in [6, 6.07) is 5.74. The third-order valence-electron chi connectivity index (χ3n) is 3.63. The number of nitrogens with one attached hydrogen (secondary N) is 1. The molecule has 0 saturated heterocycles. The van der Waals surface area contributed by atoms with Crippen LogP contribution in [0.15, 0.2) is 24.3 Å². The van der Waals surface area contributed by atoms with Gasteiger partial charge in [-0.15, -0.1) is 21.5 Å². The van der Waals surface area contributed by atoms with Crippen LogP contribution in [-0.4, -0.2) is 43.6 Å². The zero-order valence-corrected chi connectivity index (χ0v) is 16.4. The van der Waals surface area contributed by atoms with Gasteiger partial charge >= 0.3 is 5.97 Å². The minimum atomic E-state index is -1.16. The summed E-state index contributed by atoms with van der Waals surface area (Å²) in [6.45, 7) is 3.55. The second kappa shape index (κ2) is 7.63. The quantitative estimate of drug-likeness (QED) is 0.638. The van der Waals surface area contributed by atoms with Crippen LogP contribution in [0.25, 0.3) is 10.7 Å². The molecule has 1 amide bonds. The molecule has 0 bridgehead atoms. The average Bonchev–Trinajstić information content (AvgIpc) is 3.23. The summed E-state index contributed by atoms with van der Waals surface area (Å²) in [4.78, 5) is 26.7. The van der Waals surface area contributed by atoms with Gasteiger partial charge in [-0.25, -0.2) is 4.79 Å². The van der Waals surface area contributed by atoms with Crippen molar-refractivity contribution in [2.45, 2.75) is 19.9 Å². The molecule has 140 valence electrons. The molecule has 2 heterocycles. The number of tetrazole rings is 1. The number of benzene rings is 1. The Morgan fingerprint density at radius 2 is 2.00 bits per heavy atom. The Kier molecular flexibility index (Phi) is 5.45. The van der Waals surface area contributed by atoms with Gasteiger partial charge in [0.1, 0.15) is 4.88 Å². The predicted octanol–water partition coefficient (Wildman–Crippen LogP) is 3.99. The third kappa shape index (κ3) is 3.80. The Morgan fingerprint density at radius 1 is 1.26 bits per heavy atom. The molecule has 8 nitrogen and oxygen atoms in total. The van der Waals surface area contributed by atoms with Crippen molar-refractivity contribution in [3.05, 3.63) is 44.8 Å². The number of carbonyl (C=O) groups is 2. The van der Waals surface area contributed by atoms with Crippen LogP contribution in [0.5, 0.6) is 0 Å². The Labute approximate surface area is 167 Å². The van der Waals surface area contributed by atoms with Crippen molar-refractivity contribution in [1.29, 1.82) is 0 Å². The van der Waals surface area contributed by atoms with E-state index in [4.69, 9.17) is 23.2 Å². The lowest BCUT2D eigenvalue weighted by atomic mass is 10.1. The highest BCUT2D eigenvalue weighted by molar-refractivity contribution is 7.17. The average molecular weight is 426 g/mol. The number of aromatic amines is 1. The number of amides is 1. The van der Waals surface area contributed by atoms with Gasteiger partial charge in [-0.3, -0.25) is 4.79 Å². The Bertz CT molecular complexity index is 1000. The van der Waals surface area contributed by atoms with E-state index in [1.54, 1.807) is 26.0 Å². The standard InChI is InChI=1S/C16H13Cl2N5O3S/c1-7(2)23(15(24)9-4-3-8(17)5-10(9)18)11-6-12(14-19-21-22-20-14)27-13(11)16(25)26/h3-7H,1-2H3,(H,25,26)(H,19,20,21,22). The van der Waals surface area contributed by atoms with Crippen molar-refractivity contribution in [2.24, 2.45) is 0 Å². The summed E-state index contributed by atoms with van der Waals surface area (Å²) >= 11 is 13.0. The molecule has 2 aromatic heterocycles. The molecule has 0 aliphatic rings. The molecule has 27 heavy (non-hydrogen) atoms.